The Bertz CT molecular complexity index is 1220. The number of hydrogen-bond acceptors (Lipinski definition) is 10. The molecule has 0 bridgehead atoms. The molecule has 0 aliphatic rings. The summed E-state index contributed by atoms with van der Waals surface area (Å²) in [4.78, 5) is 39.4. The van der Waals surface area contributed by atoms with Crippen LogP contribution in [0.15, 0.2) is 24.3 Å². The smallest absolute Gasteiger partial charge is 0.311 e. The zero-order valence-corrected chi connectivity index (χ0v) is 16.5. The molecule has 174 valence electrons. The summed E-state index contributed by atoms with van der Waals surface area (Å²) in [6.07, 6.45) is 0. The van der Waals surface area contributed by atoms with E-state index in [2.05, 4.69) is 34.3 Å². The fourth-order valence-electron chi connectivity index (χ4n) is 2.42. The van der Waals surface area contributed by atoms with Crippen LogP contribution in [-0.2, 0) is 0 Å². The maximum atomic E-state index is 13.7. The van der Waals surface area contributed by atoms with Gasteiger partial charge in [0.25, 0.3) is 11.4 Å². The highest BCUT2D eigenvalue weighted by atomic mass is 19.1. The lowest BCUT2D eigenvalue weighted by Gasteiger charge is -2.04. The van der Waals surface area contributed by atoms with Crippen LogP contribution in [0.5, 0.6) is 0 Å². The van der Waals surface area contributed by atoms with Crippen molar-refractivity contribution in [2.45, 2.75) is 0 Å². The third-order valence-electron chi connectivity index (χ3n) is 3.89. The summed E-state index contributed by atoms with van der Waals surface area (Å²) in [7, 11) is 0. The van der Waals surface area contributed by atoms with Gasteiger partial charge in [-0.15, -0.1) is 0 Å². The molecule has 0 spiro atoms. The van der Waals surface area contributed by atoms with Gasteiger partial charge < -0.3 is 10.6 Å². The Morgan fingerprint density at radius 2 is 0.941 bits per heavy atom. The molecule has 14 nitrogen and oxygen atoms in total. The molecule has 2 N–H and O–H groups in total. The van der Waals surface area contributed by atoms with Crippen molar-refractivity contribution < 1.29 is 28.5 Å². The molecule has 0 amide bonds. The van der Waals surface area contributed by atoms with Gasteiger partial charge in [0.05, 0.1) is 44.9 Å². The van der Waals surface area contributed by atoms with Crippen molar-refractivity contribution in [3.05, 3.63) is 76.4 Å². The molecule has 16 heteroatoms. The molecule has 0 radical (unpaired) electrons. The third kappa shape index (κ3) is 6.08. The molecule has 2 aromatic carbocycles. The van der Waals surface area contributed by atoms with Crippen LogP contribution < -0.4 is 10.6 Å². The number of benzene rings is 2. The summed E-state index contributed by atoms with van der Waals surface area (Å²) >= 11 is 0. The highest BCUT2D eigenvalue weighted by Crippen LogP contribution is 2.32. The van der Waals surface area contributed by atoms with Crippen LogP contribution in [0.3, 0.4) is 0 Å². The van der Waals surface area contributed by atoms with Crippen LogP contribution in [-0.4, -0.2) is 32.8 Å². The fourth-order valence-corrected chi connectivity index (χ4v) is 2.42. The molecule has 0 fully saturated rings. The van der Waals surface area contributed by atoms with Crippen LogP contribution >= 0.6 is 0 Å². The second-order valence-electron chi connectivity index (χ2n) is 5.98. The van der Waals surface area contributed by atoms with Gasteiger partial charge in [0.15, 0.2) is 0 Å². The highest BCUT2D eigenvalue weighted by Gasteiger charge is 2.25. The van der Waals surface area contributed by atoms with Gasteiger partial charge in [-0.1, -0.05) is 11.8 Å². The molecular formula is C18H10F2N6O8. The third-order valence-corrected chi connectivity index (χ3v) is 3.89. The van der Waals surface area contributed by atoms with Crippen molar-refractivity contribution in [1.82, 2.24) is 0 Å². The Labute approximate surface area is 187 Å². The predicted molar refractivity (Wildman–Crippen MR) is 112 cm³/mol. The van der Waals surface area contributed by atoms with Gasteiger partial charge in [0.1, 0.15) is 11.4 Å². The van der Waals surface area contributed by atoms with Gasteiger partial charge in [-0.25, -0.2) is 0 Å². The van der Waals surface area contributed by atoms with Crippen molar-refractivity contribution in [1.29, 1.82) is 0 Å². The first-order valence-electron chi connectivity index (χ1n) is 8.71. The predicted octanol–water partition coefficient (Wildman–Crippen LogP) is 3.13. The number of hydrogen-bond donors (Lipinski definition) is 2. The number of rotatable bonds is 8. The summed E-state index contributed by atoms with van der Waals surface area (Å²) in [6, 6.07) is 2.11. The monoisotopic (exact) mass is 476 g/mol. The minimum Gasteiger partial charge on any atom is -0.368 e. The van der Waals surface area contributed by atoms with Crippen LogP contribution in [0.1, 0.15) is 0 Å². The molecule has 0 aromatic heterocycles. The average molecular weight is 476 g/mol. The lowest BCUT2D eigenvalue weighted by atomic mass is 10.2. The van der Waals surface area contributed by atoms with Crippen LogP contribution in [0.25, 0.3) is 0 Å². The first-order valence-corrected chi connectivity index (χ1v) is 8.71. The standard InChI is InChI=1S/C18H10F2N6O8/c19-11-7-13(17(25(31)32)9-15(11)23(27)28)21-5-3-1-2-4-6-22-14-8-12(20)16(24(29)30)10-18(14)26(33)34/h7-10,21-22H,5-6H2. The van der Waals surface area contributed by atoms with Crippen LogP contribution in [0.2, 0.25) is 0 Å². The van der Waals surface area contributed by atoms with E-state index in [1.807, 2.05) is 0 Å². The summed E-state index contributed by atoms with van der Waals surface area (Å²) in [5, 5.41) is 48.3. The van der Waals surface area contributed by atoms with E-state index in [1.165, 1.54) is 0 Å². The van der Waals surface area contributed by atoms with Gasteiger partial charge in [0.2, 0.25) is 11.6 Å². The number of nitro groups is 4. The lowest BCUT2D eigenvalue weighted by molar-refractivity contribution is -0.395. The second-order valence-corrected chi connectivity index (χ2v) is 5.98. The molecule has 2 aromatic rings. The molecule has 0 saturated carbocycles. The van der Waals surface area contributed by atoms with E-state index >= 15 is 0 Å². The number of halogens is 2. The Morgan fingerprint density at radius 1 is 0.618 bits per heavy atom. The van der Waals surface area contributed by atoms with E-state index in [0.717, 1.165) is 0 Å². The van der Waals surface area contributed by atoms with Gasteiger partial charge >= 0.3 is 11.4 Å². The molecule has 0 aliphatic carbocycles. The number of anilines is 2. The SMILES string of the molecule is O=[N+]([O-])c1cc([N+](=O)[O-])c(NCC#CC#CCNc2cc(F)c([N+](=O)[O-])cc2[N+](=O)[O-])cc1F. The number of nitrogens with zero attached hydrogens (tertiary/aromatic N) is 4. The van der Waals surface area contributed by atoms with Gasteiger partial charge in [-0.05, 0) is 11.8 Å². The Balaban J connectivity index is 2.03. The lowest BCUT2D eigenvalue weighted by Crippen LogP contribution is -2.05. The Morgan fingerprint density at radius 3 is 1.24 bits per heavy atom. The van der Waals surface area contributed by atoms with Crippen molar-refractivity contribution in [3.63, 3.8) is 0 Å². The van der Waals surface area contributed by atoms with Gasteiger partial charge in [0, 0.05) is 12.1 Å². The quantitative estimate of drug-likeness (QED) is 0.324. The minimum absolute atomic E-state index is 0.251. The van der Waals surface area contributed by atoms with Gasteiger partial charge in [-0.2, -0.15) is 8.78 Å². The van der Waals surface area contributed by atoms with Gasteiger partial charge in [-0.3, -0.25) is 40.5 Å². The second kappa shape index (κ2) is 10.8. The molecule has 34 heavy (non-hydrogen) atoms. The fraction of sp³-hybridized carbons (Fsp3) is 0.111. The first-order chi connectivity index (χ1) is 16.0. The highest BCUT2D eigenvalue weighted by molar-refractivity contribution is 5.67. The van der Waals surface area contributed by atoms with E-state index in [9.17, 15) is 49.2 Å². The molecule has 0 atom stereocenters. The van der Waals surface area contributed by atoms with Crippen molar-refractivity contribution in [2.24, 2.45) is 0 Å². The van der Waals surface area contributed by atoms with E-state index in [0.29, 0.717) is 24.3 Å². The van der Waals surface area contributed by atoms with Crippen LogP contribution in [0.4, 0.5) is 42.9 Å². The molecular weight excluding hydrogens is 466 g/mol. The Kier molecular flexibility index (Phi) is 7.89. The molecule has 2 rings (SSSR count). The largest absolute Gasteiger partial charge is 0.368 e. The number of nitro benzene ring substituents is 4. The zero-order chi connectivity index (χ0) is 25.4. The zero-order valence-electron chi connectivity index (χ0n) is 16.5. The van der Waals surface area contributed by atoms with E-state index < -0.39 is 54.1 Å². The molecule has 0 aliphatic heterocycles. The topological polar surface area (TPSA) is 197 Å². The maximum absolute atomic E-state index is 13.7. The number of nitrogens with one attached hydrogen (secondary N) is 2. The summed E-state index contributed by atoms with van der Waals surface area (Å²) in [5.41, 5.74) is -4.28. The van der Waals surface area contributed by atoms with E-state index in [4.69, 9.17) is 0 Å². The van der Waals surface area contributed by atoms with E-state index in [1.54, 1.807) is 0 Å². The summed E-state index contributed by atoms with van der Waals surface area (Å²) < 4.78 is 27.4. The maximum Gasteiger partial charge on any atom is 0.311 e. The van der Waals surface area contributed by atoms with Crippen LogP contribution in [0, 0.1) is 75.8 Å². The van der Waals surface area contributed by atoms with Crippen molar-refractivity contribution in [2.75, 3.05) is 23.7 Å². The first kappa shape index (κ1) is 24.9. The van der Waals surface area contributed by atoms with Crippen molar-refractivity contribution in [3.8, 4) is 23.7 Å². The summed E-state index contributed by atoms with van der Waals surface area (Å²) in [5.74, 6) is 6.94. The molecule has 0 heterocycles. The average Bonchev–Trinajstić information content (AvgIpc) is 2.74. The minimum atomic E-state index is -1.28. The normalized spacial score (nSPS) is 9.59. The molecule has 0 saturated heterocycles. The van der Waals surface area contributed by atoms with E-state index in [-0.39, 0.29) is 24.5 Å². The van der Waals surface area contributed by atoms with Crippen molar-refractivity contribution >= 4 is 34.1 Å². The molecule has 0 unspecified atom stereocenters. The summed E-state index contributed by atoms with van der Waals surface area (Å²) in [6.45, 7) is -0.502. The Hall–Kier alpha value is -5.38.